The van der Waals surface area contributed by atoms with Crippen LogP contribution in [0.5, 0.6) is 5.75 Å². The van der Waals surface area contributed by atoms with Gasteiger partial charge in [-0.15, -0.1) is 0 Å². The summed E-state index contributed by atoms with van der Waals surface area (Å²) in [6, 6.07) is 7.42. The third-order valence-corrected chi connectivity index (χ3v) is 6.54. The van der Waals surface area contributed by atoms with Gasteiger partial charge < -0.3 is 9.47 Å². The minimum Gasteiger partial charge on any atom is -0.494 e. The van der Waals surface area contributed by atoms with E-state index in [-0.39, 0.29) is 5.97 Å². The molecular formula is C27H44O3. The van der Waals surface area contributed by atoms with Gasteiger partial charge in [-0.2, -0.15) is 0 Å². The van der Waals surface area contributed by atoms with Crippen LogP contribution in [0.4, 0.5) is 0 Å². The summed E-state index contributed by atoms with van der Waals surface area (Å²) in [5.74, 6) is 2.45. The largest absolute Gasteiger partial charge is 0.494 e. The van der Waals surface area contributed by atoms with Crippen LogP contribution in [0.25, 0.3) is 0 Å². The van der Waals surface area contributed by atoms with Gasteiger partial charge in [0.05, 0.1) is 18.8 Å². The molecule has 0 saturated heterocycles. The summed E-state index contributed by atoms with van der Waals surface area (Å²) < 4.78 is 11.3. The highest BCUT2D eigenvalue weighted by atomic mass is 16.5. The molecule has 0 heterocycles. The number of rotatable bonds is 15. The lowest BCUT2D eigenvalue weighted by Gasteiger charge is -2.31. The van der Waals surface area contributed by atoms with Gasteiger partial charge in [0.15, 0.2) is 0 Å². The maximum atomic E-state index is 12.1. The van der Waals surface area contributed by atoms with E-state index in [1.165, 1.54) is 70.6 Å². The van der Waals surface area contributed by atoms with Crippen LogP contribution in [-0.4, -0.2) is 19.2 Å². The normalized spacial score (nSPS) is 18.9. The van der Waals surface area contributed by atoms with Crippen molar-refractivity contribution in [3.63, 3.8) is 0 Å². The Labute approximate surface area is 184 Å². The predicted octanol–water partition coefficient (Wildman–Crippen LogP) is 7.97. The molecule has 170 valence electrons. The van der Waals surface area contributed by atoms with Crippen LogP contribution in [0, 0.1) is 11.8 Å². The van der Waals surface area contributed by atoms with Gasteiger partial charge in [0.25, 0.3) is 0 Å². The average molecular weight is 417 g/mol. The quantitative estimate of drug-likeness (QED) is 0.215. The highest BCUT2D eigenvalue weighted by Crippen LogP contribution is 2.35. The lowest BCUT2D eigenvalue weighted by Crippen LogP contribution is -2.20. The standard InChI is InChI=1S/C27H44O3/c1-3-5-6-7-8-11-21-30-27(28)25-17-19-26(20-18-25)29-22-12-16-24-15-10-9-14-23(24)13-4-2/h17-20,23-24H,3-16,21-22H2,1-2H3. The Hall–Kier alpha value is -1.51. The van der Waals surface area contributed by atoms with E-state index in [1.54, 1.807) is 0 Å². The second-order valence-corrected chi connectivity index (χ2v) is 9.01. The Bertz CT molecular complexity index is 564. The maximum absolute atomic E-state index is 12.1. The third-order valence-electron chi connectivity index (χ3n) is 6.54. The number of hydrogen-bond donors (Lipinski definition) is 0. The first kappa shape index (κ1) is 24.8. The fraction of sp³-hybridized carbons (Fsp3) is 0.741. The Morgan fingerprint density at radius 1 is 0.800 bits per heavy atom. The highest BCUT2D eigenvalue weighted by Gasteiger charge is 2.23. The highest BCUT2D eigenvalue weighted by molar-refractivity contribution is 5.89. The number of ether oxygens (including phenoxy) is 2. The molecule has 0 aromatic heterocycles. The Morgan fingerprint density at radius 3 is 2.17 bits per heavy atom. The van der Waals surface area contributed by atoms with E-state index in [9.17, 15) is 4.79 Å². The monoisotopic (exact) mass is 416 g/mol. The Morgan fingerprint density at radius 2 is 1.47 bits per heavy atom. The van der Waals surface area contributed by atoms with Crippen molar-refractivity contribution in [3.05, 3.63) is 29.8 Å². The summed E-state index contributed by atoms with van der Waals surface area (Å²) in [4.78, 5) is 12.1. The van der Waals surface area contributed by atoms with Crippen LogP contribution in [0.1, 0.15) is 114 Å². The van der Waals surface area contributed by atoms with Crippen molar-refractivity contribution in [3.8, 4) is 5.75 Å². The van der Waals surface area contributed by atoms with E-state index in [2.05, 4.69) is 13.8 Å². The molecule has 30 heavy (non-hydrogen) atoms. The van der Waals surface area contributed by atoms with E-state index < -0.39 is 0 Å². The molecule has 1 fully saturated rings. The van der Waals surface area contributed by atoms with Gasteiger partial charge in [-0.1, -0.05) is 84.5 Å². The second-order valence-electron chi connectivity index (χ2n) is 9.01. The van der Waals surface area contributed by atoms with E-state index in [4.69, 9.17) is 9.47 Å². The molecule has 2 unspecified atom stereocenters. The molecular weight excluding hydrogens is 372 g/mol. The fourth-order valence-corrected chi connectivity index (χ4v) is 4.77. The number of unbranched alkanes of at least 4 members (excludes halogenated alkanes) is 5. The molecule has 3 nitrogen and oxygen atoms in total. The minimum absolute atomic E-state index is 0.227. The van der Waals surface area contributed by atoms with E-state index >= 15 is 0 Å². The first-order valence-electron chi connectivity index (χ1n) is 12.6. The van der Waals surface area contributed by atoms with Crippen LogP contribution < -0.4 is 4.74 Å². The number of esters is 1. The zero-order valence-electron chi connectivity index (χ0n) is 19.5. The third kappa shape index (κ3) is 9.53. The average Bonchev–Trinajstić information content (AvgIpc) is 2.77. The molecule has 0 amide bonds. The van der Waals surface area contributed by atoms with Crippen molar-refractivity contribution >= 4 is 5.97 Å². The number of carbonyl (C=O) groups excluding carboxylic acids is 1. The van der Waals surface area contributed by atoms with E-state index in [0.717, 1.165) is 43.5 Å². The zero-order valence-corrected chi connectivity index (χ0v) is 19.5. The SMILES string of the molecule is CCCCCCCCOC(=O)c1ccc(OCCCC2CCCCC2CCC)cc1. The fourth-order valence-electron chi connectivity index (χ4n) is 4.77. The van der Waals surface area contributed by atoms with Gasteiger partial charge in [0, 0.05) is 0 Å². The number of hydrogen-bond acceptors (Lipinski definition) is 3. The predicted molar refractivity (Wildman–Crippen MR) is 125 cm³/mol. The number of benzene rings is 1. The lowest BCUT2D eigenvalue weighted by atomic mass is 9.75. The molecule has 2 rings (SSSR count). The van der Waals surface area contributed by atoms with Crippen LogP contribution in [0.3, 0.4) is 0 Å². The minimum atomic E-state index is -0.227. The summed E-state index contributed by atoms with van der Waals surface area (Å²) in [6.07, 6.45) is 17.9. The van der Waals surface area contributed by atoms with Crippen LogP contribution in [-0.2, 0) is 4.74 Å². The van der Waals surface area contributed by atoms with Crippen LogP contribution in [0.2, 0.25) is 0 Å². The summed E-state index contributed by atoms with van der Waals surface area (Å²) in [5.41, 5.74) is 0.609. The van der Waals surface area contributed by atoms with Crippen molar-refractivity contribution < 1.29 is 14.3 Å². The van der Waals surface area contributed by atoms with E-state index in [1.807, 2.05) is 24.3 Å². The molecule has 0 bridgehead atoms. The molecule has 3 heteroatoms. The summed E-state index contributed by atoms with van der Waals surface area (Å²) in [5, 5.41) is 0. The van der Waals surface area contributed by atoms with Crippen molar-refractivity contribution in [1.29, 1.82) is 0 Å². The lowest BCUT2D eigenvalue weighted by molar-refractivity contribution is 0.0497. The van der Waals surface area contributed by atoms with Crippen LogP contribution >= 0.6 is 0 Å². The first-order chi connectivity index (χ1) is 14.7. The molecule has 1 aromatic rings. The molecule has 1 aliphatic carbocycles. The van der Waals surface area contributed by atoms with Crippen molar-refractivity contribution in [1.82, 2.24) is 0 Å². The van der Waals surface area contributed by atoms with Gasteiger partial charge in [0.2, 0.25) is 0 Å². The molecule has 1 saturated carbocycles. The molecule has 0 aliphatic heterocycles. The molecule has 1 aliphatic rings. The molecule has 0 N–H and O–H groups in total. The summed E-state index contributed by atoms with van der Waals surface area (Å²) >= 11 is 0. The smallest absolute Gasteiger partial charge is 0.338 e. The Balaban J connectivity index is 1.60. The summed E-state index contributed by atoms with van der Waals surface area (Å²) in [7, 11) is 0. The maximum Gasteiger partial charge on any atom is 0.338 e. The number of carbonyl (C=O) groups is 1. The topological polar surface area (TPSA) is 35.5 Å². The molecule has 0 spiro atoms. The van der Waals surface area contributed by atoms with Crippen molar-refractivity contribution in [2.75, 3.05) is 13.2 Å². The van der Waals surface area contributed by atoms with Gasteiger partial charge in [0.1, 0.15) is 5.75 Å². The molecule has 2 atom stereocenters. The van der Waals surface area contributed by atoms with Crippen LogP contribution in [0.15, 0.2) is 24.3 Å². The van der Waals surface area contributed by atoms with E-state index in [0.29, 0.717) is 12.2 Å². The summed E-state index contributed by atoms with van der Waals surface area (Å²) in [6.45, 7) is 5.81. The van der Waals surface area contributed by atoms with Crippen molar-refractivity contribution in [2.45, 2.75) is 104 Å². The molecule has 0 radical (unpaired) electrons. The Kier molecular flexibility index (Phi) is 12.6. The van der Waals surface area contributed by atoms with Gasteiger partial charge >= 0.3 is 5.97 Å². The zero-order chi connectivity index (χ0) is 21.4. The van der Waals surface area contributed by atoms with Crippen molar-refractivity contribution in [2.24, 2.45) is 11.8 Å². The second kappa shape index (κ2) is 15.3. The van der Waals surface area contributed by atoms with Gasteiger partial charge in [-0.25, -0.2) is 4.79 Å². The first-order valence-corrected chi connectivity index (χ1v) is 12.6. The van der Waals surface area contributed by atoms with Gasteiger partial charge in [-0.05, 0) is 55.4 Å². The van der Waals surface area contributed by atoms with Gasteiger partial charge in [-0.3, -0.25) is 0 Å². The molecule has 1 aromatic carbocycles.